The first-order valence-electron chi connectivity index (χ1n) is 8.53. The number of ether oxygens (including phenoxy) is 1. The van der Waals surface area contributed by atoms with Crippen molar-refractivity contribution in [3.8, 4) is 0 Å². The molecule has 0 spiro atoms. The molecule has 24 heavy (non-hydrogen) atoms. The number of carbonyl (C=O) groups is 2. The molecule has 132 valence electrons. The van der Waals surface area contributed by atoms with E-state index in [1.165, 1.54) is 0 Å². The Morgan fingerprint density at radius 2 is 1.75 bits per heavy atom. The molecule has 2 rings (SSSR count). The van der Waals surface area contributed by atoms with E-state index in [0.717, 1.165) is 24.5 Å². The molecule has 1 aromatic carbocycles. The Kier molecular flexibility index (Phi) is 6.61. The van der Waals surface area contributed by atoms with E-state index in [9.17, 15) is 9.59 Å². The monoisotopic (exact) mass is 333 g/mol. The third-order valence-electron chi connectivity index (χ3n) is 4.33. The third kappa shape index (κ3) is 4.71. The zero-order valence-corrected chi connectivity index (χ0v) is 14.7. The highest BCUT2D eigenvalue weighted by molar-refractivity contribution is 5.99. The highest BCUT2D eigenvalue weighted by Gasteiger charge is 2.47. The molecule has 6 nitrogen and oxygen atoms in total. The van der Waals surface area contributed by atoms with E-state index in [1.54, 1.807) is 7.11 Å². The number of hydrogen-bond acceptors (Lipinski definition) is 4. The lowest BCUT2D eigenvalue weighted by Gasteiger charge is -2.21. The van der Waals surface area contributed by atoms with Gasteiger partial charge in [-0.25, -0.2) is 0 Å². The van der Waals surface area contributed by atoms with Gasteiger partial charge in [0.05, 0.1) is 18.4 Å². The van der Waals surface area contributed by atoms with Crippen LogP contribution in [0.3, 0.4) is 0 Å². The highest BCUT2D eigenvalue weighted by Crippen LogP contribution is 2.39. The summed E-state index contributed by atoms with van der Waals surface area (Å²) >= 11 is 0. The molecule has 0 aliphatic heterocycles. The van der Waals surface area contributed by atoms with Crippen molar-refractivity contribution < 1.29 is 14.3 Å². The van der Waals surface area contributed by atoms with Crippen molar-refractivity contribution in [1.82, 2.24) is 5.32 Å². The standard InChI is InChI=1S/C18H27N3O3/c1-4-21(5-2)14-8-6-13(7-9-14)20-18(23)16-12-15(16)17(22)19-10-11-24-3/h6-9,15-16H,4-5,10-12H2,1-3H3,(H,19,22)(H,20,23). The minimum Gasteiger partial charge on any atom is -0.383 e. The predicted octanol–water partition coefficient (Wildman–Crippen LogP) is 1.87. The van der Waals surface area contributed by atoms with Crippen LogP contribution in [0, 0.1) is 11.8 Å². The Labute approximate surface area is 143 Å². The second-order valence-corrected chi connectivity index (χ2v) is 5.94. The lowest BCUT2D eigenvalue weighted by atomic mass is 10.2. The molecule has 6 heteroatoms. The molecule has 0 radical (unpaired) electrons. The van der Waals surface area contributed by atoms with Gasteiger partial charge in [0.25, 0.3) is 0 Å². The Balaban J connectivity index is 1.82. The van der Waals surface area contributed by atoms with Crippen molar-refractivity contribution in [3.63, 3.8) is 0 Å². The first kappa shape index (κ1) is 18.3. The lowest BCUT2D eigenvalue weighted by Crippen LogP contribution is -2.30. The number of hydrogen-bond donors (Lipinski definition) is 2. The molecule has 2 atom stereocenters. The van der Waals surface area contributed by atoms with E-state index in [2.05, 4.69) is 29.4 Å². The van der Waals surface area contributed by atoms with Gasteiger partial charge in [-0.15, -0.1) is 0 Å². The number of amides is 2. The summed E-state index contributed by atoms with van der Waals surface area (Å²) in [6, 6.07) is 7.82. The molecule has 2 amide bonds. The minimum atomic E-state index is -0.227. The van der Waals surface area contributed by atoms with Crippen LogP contribution in [0.15, 0.2) is 24.3 Å². The Morgan fingerprint density at radius 1 is 1.12 bits per heavy atom. The molecular formula is C18H27N3O3. The maximum absolute atomic E-state index is 12.2. The van der Waals surface area contributed by atoms with Crippen molar-refractivity contribution in [2.45, 2.75) is 20.3 Å². The Hall–Kier alpha value is -2.08. The first-order chi connectivity index (χ1) is 11.6. The van der Waals surface area contributed by atoms with Crippen LogP contribution in [0.5, 0.6) is 0 Å². The summed E-state index contributed by atoms with van der Waals surface area (Å²) < 4.78 is 4.89. The molecule has 0 saturated heterocycles. The summed E-state index contributed by atoms with van der Waals surface area (Å²) in [6.45, 7) is 7.09. The molecule has 0 bridgehead atoms. The SMILES string of the molecule is CCN(CC)c1ccc(NC(=O)C2CC2C(=O)NCCOC)cc1. The number of anilines is 2. The normalized spacial score (nSPS) is 18.8. The molecule has 1 saturated carbocycles. The maximum Gasteiger partial charge on any atom is 0.228 e. The Bertz CT molecular complexity index is 555. The molecule has 1 aliphatic rings. The smallest absolute Gasteiger partial charge is 0.228 e. The van der Waals surface area contributed by atoms with E-state index in [4.69, 9.17) is 4.74 Å². The summed E-state index contributed by atoms with van der Waals surface area (Å²) in [5, 5.41) is 5.67. The van der Waals surface area contributed by atoms with Gasteiger partial charge in [0.2, 0.25) is 11.8 Å². The van der Waals surface area contributed by atoms with Crippen molar-refractivity contribution in [2.24, 2.45) is 11.8 Å². The molecule has 2 N–H and O–H groups in total. The quantitative estimate of drug-likeness (QED) is 0.677. The summed E-state index contributed by atoms with van der Waals surface area (Å²) in [6.07, 6.45) is 0.613. The van der Waals surface area contributed by atoms with Gasteiger partial charge in [-0.05, 0) is 44.5 Å². The van der Waals surface area contributed by atoms with Crippen LogP contribution in [0.4, 0.5) is 11.4 Å². The van der Waals surface area contributed by atoms with Crippen molar-refractivity contribution in [1.29, 1.82) is 0 Å². The number of carbonyl (C=O) groups excluding carboxylic acids is 2. The van der Waals surface area contributed by atoms with E-state index in [0.29, 0.717) is 19.6 Å². The lowest BCUT2D eigenvalue weighted by molar-refractivity contribution is -0.125. The van der Waals surface area contributed by atoms with Crippen LogP contribution < -0.4 is 15.5 Å². The minimum absolute atomic E-state index is 0.0657. The number of rotatable bonds is 9. The number of methoxy groups -OCH3 is 1. The van der Waals surface area contributed by atoms with Crippen LogP contribution in [-0.4, -0.2) is 45.2 Å². The maximum atomic E-state index is 12.2. The van der Waals surface area contributed by atoms with Gasteiger partial charge in [-0.3, -0.25) is 9.59 Å². The highest BCUT2D eigenvalue weighted by atomic mass is 16.5. The van der Waals surface area contributed by atoms with Crippen molar-refractivity contribution in [2.75, 3.05) is 43.6 Å². The van der Waals surface area contributed by atoms with E-state index < -0.39 is 0 Å². The average Bonchev–Trinajstić information content (AvgIpc) is 3.38. The zero-order valence-electron chi connectivity index (χ0n) is 14.7. The van der Waals surface area contributed by atoms with Gasteiger partial charge in [0, 0.05) is 38.1 Å². The summed E-state index contributed by atoms with van der Waals surface area (Å²) in [4.78, 5) is 26.3. The van der Waals surface area contributed by atoms with Gasteiger partial charge < -0.3 is 20.3 Å². The van der Waals surface area contributed by atoms with E-state index in [-0.39, 0.29) is 23.7 Å². The molecule has 0 heterocycles. The fourth-order valence-electron chi connectivity index (χ4n) is 2.76. The zero-order chi connectivity index (χ0) is 17.5. The molecule has 1 fully saturated rings. The fraction of sp³-hybridized carbons (Fsp3) is 0.556. The summed E-state index contributed by atoms with van der Waals surface area (Å²) in [7, 11) is 1.59. The van der Waals surface area contributed by atoms with Gasteiger partial charge in [-0.1, -0.05) is 0 Å². The largest absolute Gasteiger partial charge is 0.383 e. The van der Waals surface area contributed by atoms with E-state index >= 15 is 0 Å². The van der Waals surface area contributed by atoms with Crippen LogP contribution >= 0.6 is 0 Å². The van der Waals surface area contributed by atoms with Crippen molar-refractivity contribution >= 4 is 23.2 Å². The van der Waals surface area contributed by atoms with Crippen molar-refractivity contribution in [3.05, 3.63) is 24.3 Å². The number of nitrogens with zero attached hydrogens (tertiary/aromatic N) is 1. The molecule has 2 unspecified atom stereocenters. The van der Waals surface area contributed by atoms with Crippen LogP contribution in [0.1, 0.15) is 20.3 Å². The topological polar surface area (TPSA) is 70.7 Å². The van der Waals surface area contributed by atoms with Gasteiger partial charge in [0.1, 0.15) is 0 Å². The van der Waals surface area contributed by atoms with Crippen LogP contribution in [0.2, 0.25) is 0 Å². The fourth-order valence-corrected chi connectivity index (χ4v) is 2.76. The van der Waals surface area contributed by atoms with Gasteiger partial charge >= 0.3 is 0 Å². The second kappa shape index (κ2) is 8.68. The van der Waals surface area contributed by atoms with Crippen LogP contribution in [0.25, 0.3) is 0 Å². The molecular weight excluding hydrogens is 306 g/mol. The third-order valence-corrected chi connectivity index (χ3v) is 4.33. The predicted molar refractivity (Wildman–Crippen MR) is 95.1 cm³/mol. The number of nitrogens with one attached hydrogen (secondary N) is 2. The summed E-state index contributed by atoms with van der Waals surface area (Å²) in [5.74, 6) is -0.589. The molecule has 0 aromatic heterocycles. The summed E-state index contributed by atoms with van der Waals surface area (Å²) in [5.41, 5.74) is 1.90. The molecule has 1 aromatic rings. The second-order valence-electron chi connectivity index (χ2n) is 5.94. The molecule has 1 aliphatic carbocycles. The average molecular weight is 333 g/mol. The first-order valence-corrected chi connectivity index (χ1v) is 8.53. The van der Waals surface area contributed by atoms with E-state index in [1.807, 2.05) is 24.3 Å². The van der Waals surface area contributed by atoms with Crippen LogP contribution in [-0.2, 0) is 14.3 Å². The van der Waals surface area contributed by atoms with Gasteiger partial charge in [0.15, 0.2) is 0 Å². The Morgan fingerprint density at radius 3 is 2.33 bits per heavy atom. The van der Waals surface area contributed by atoms with Gasteiger partial charge in [-0.2, -0.15) is 0 Å². The number of benzene rings is 1.